The van der Waals surface area contributed by atoms with Gasteiger partial charge in [-0.2, -0.15) is 0 Å². The number of benzene rings is 1. The normalized spacial score (nSPS) is 13.2. The Bertz CT molecular complexity index is 585. The molecule has 1 unspecified atom stereocenters. The minimum Gasteiger partial charge on any atom is -0.276 e. The number of nitrogens with zero attached hydrogens (tertiary/aromatic N) is 2. The predicted molar refractivity (Wildman–Crippen MR) is 83.6 cm³/mol. The van der Waals surface area contributed by atoms with Gasteiger partial charge in [0.15, 0.2) is 0 Å². The fourth-order valence-corrected chi connectivity index (χ4v) is 2.66. The van der Waals surface area contributed by atoms with Crippen molar-refractivity contribution in [3.05, 3.63) is 53.0 Å². The molecule has 0 N–H and O–H groups in total. The zero-order valence-corrected chi connectivity index (χ0v) is 13.6. The standard InChI is InChI=1S/C16H19BrN2O/c1-16(2,3)13(15(20)19-9-8-18-11-19)10-12-6-4-5-7-14(12)17/h4-9,11,13H,10H2,1-3H3. The fraction of sp³-hybridized carbons (Fsp3) is 0.375. The van der Waals surface area contributed by atoms with Gasteiger partial charge in [-0.3, -0.25) is 9.36 Å². The summed E-state index contributed by atoms with van der Waals surface area (Å²) in [6.07, 6.45) is 5.63. The molecule has 2 aromatic rings. The third-order valence-corrected chi connectivity index (χ3v) is 4.26. The first kappa shape index (κ1) is 15.0. The van der Waals surface area contributed by atoms with Crippen LogP contribution in [-0.4, -0.2) is 15.5 Å². The van der Waals surface area contributed by atoms with Crippen LogP contribution in [0.15, 0.2) is 47.5 Å². The van der Waals surface area contributed by atoms with Crippen molar-refractivity contribution in [1.29, 1.82) is 0 Å². The van der Waals surface area contributed by atoms with Crippen LogP contribution in [0, 0.1) is 11.3 Å². The van der Waals surface area contributed by atoms with E-state index < -0.39 is 0 Å². The topological polar surface area (TPSA) is 34.9 Å². The van der Waals surface area contributed by atoms with E-state index in [-0.39, 0.29) is 17.2 Å². The van der Waals surface area contributed by atoms with E-state index in [2.05, 4.69) is 47.8 Å². The van der Waals surface area contributed by atoms with E-state index in [4.69, 9.17) is 0 Å². The van der Waals surface area contributed by atoms with Crippen LogP contribution in [0.3, 0.4) is 0 Å². The number of aromatic nitrogens is 2. The Morgan fingerprint density at radius 3 is 2.60 bits per heavy atom. The Morgan fingerprint density at radius 1 is 1.35 bits per heavy atom. The van der Waals surface area contributed by atoms with Crippen molar-refractivity contribution >= 4 is 21.8 Å². The number of carbonyl (C=O) groups is 1. The summed E-state index contributed by atoms with van der Waals surface area (Å²) in [5.41, 5.74) is 1.04. The smallest absolute Gasteiger partial charge is 0.235 e. The first-order chi connectivity index (χ1) is 9.39. The molecule has 0 spiro atoms. The molecule has 0 aliphatic rings. The van der Waals surface area contributed by atoms with Crippen molar-refractivity contribution in [1.82, 2.24) is 9.55 Å². The summed E-state index contributed by atoms with van der Waals surface area (Å²) in [4.78, 5) is 16.6. The second-order valence-electron chi connectivity index (χ2n) is 6.02. The van der Waals surface area contributed by atoms with Crippen molar-refractivity contribution in [2.75, 3.05) is 0 Å². The molecule has 0 aliphatic carbocycles. The summed E-state index contributed by atoms with van der Waals surface area (Å²) in [6, 6.07) is 8.06. The molecule has 1 heterocycles. The molecule has 20 heavy (non-hydrogen) atoms. The van der Waals surface area contributed by atoms with Crippen LogP contribution in [0.5, 0.6) is 0 Å². The molecule has 0 amide bonds. The molecule has 0 fully saturated rings. The van der Waals surface area contributed by atoms with Gasteiger partial charge in [0.1, 0.15) is 6.33 Å². The Labute approximate surface area is 128 Å². The Hall–Kier alpha value is -1.42. The number of hydrogen-bond donors (Lipinski definition) is 0. The van der Waals surface area contributed by atoms with E-state index in [1.54, 1.807) is 23.3 Å². The van der Waals surface area contributed by atoms with Crippen molar-refractivity contribution in [2.45, 2.75) is 27.2 Å². The summed E-state index contributed by atoms with van der Waals surface area (Å²) < 4.78 is 2.62. The number of carbonyl (C=O) groups excluding carboxylic acids is 1. The maximum absolute atomic E-state index is 12.7. The first-order valence-corrected chi connectivity index (χ1v) is 7.44. The molecule has 0 radical (unpaired) electrons. The van der Waals surface area contributed by atoms with Crippen LogP contribution < -0.4 is 0 Å². The molecule has 3 nitrogen and oxygen atoms in total. The van der Waals surface area contributed by atoms with Gasteiger partial charge in [-0.25, -0.2) is 4.98 Å². The van der Waals surface area contributed by atoms with Crippen LogP contribution in [0.25, 0.3) is 0 Å². The molecule has 4 heteroatoms. The summed E-state index contributed by atoms with van der Waals surface area (Å²) in [6.45, 7) is 6.30. The quantitative estimate of drug-likeness (QED) is 0.843. The average Bonchev–Trinajstić information content (AvgIpc) is 2.89. The van der Waals surface area contributed by atoms with Crippen molar-refractivity contribution < 1.29 is 4.79 Å². The summed E-state index contributed by atoms with van der Waals surface area (Å²) in [5, 5.41) is 0. The third kappa shape index (κ3) is 3.37. The molecular formula is C16H19BrN2O. The monoisotopic (exact) mass is 334 g/mol. The van der Waals surface area contributed by atoms with E-state index in [1.807, 2.05) is 18.2 Å². The Kier molecular flexibility index (Phi) is 4.43. The largest absolute Gasteiger partial charge is 0.276 e. The highest BCUT2D eigenvalue weighted by atomic mass is 79.9. The van der Waals surface area contributed by atoms with E-state index in [1.165, 1.54) is 0 Å². The highest BCUT2D eigenvalue weighted by molar-refractivity contribution is 9.10. The van der Waals surface area contributed by atoms with Crippen LogP contribution in [-0.2, 0) is 6.42 Å². The minimum atomic E-state index is -0.114. The van der Waals surface area contributed by atoms with Gasteiger partial charge in [-0.15, -0.1) is 0 Å². The number of rotatable bonds is 3. The van der Waals surface area contributed by atoms with Crippen molar-refractivity contribution in [3.63, 3.8) is 0 Å². The van der Waals surface area contributed by atoms with Gasteiger partial charge in [0.2, 0.25) is 5.91 Å². The second kappa shape index (κ2) is 5.92. The second-order valence-corrected chi connectivity index (χ2v) is 6.88. The van der Waals surface area contributed by atoms with E-state index in [0.29, 0.717) is 6.42 Å². The van der Waals surface area contributed by atoms with Gasteiger partial charge in [0.25, 0.3) is 0 Å². The minimum absolute atomic E-state index is 0.0887. The van der Waals surface area contributed by atoms with Gasteiger partial charge >= 0.3 is 0 Å². The molecule has 1 aromatic heterocycles. The average molecular weight is 335 g/mol. The summed E-state index contributed by atoms with van der Waals surface area (Å²) in [7, 11) is 0. The zero-order valence-electron chi connectivity index (χ0n) is 12.0. The molecule has 1 atom stereocenters. The molecule has 0 saturated carbocycles. The first-order valence-electron chi connectivity index (χ1n) is 6.65. The van der Waals surface area contributed by atoms with E-state index >= 15 is 0 Å². The Balaban J connectivity index is 2.30. The van der Waals surface area contributed by atoms with Crippen LogP contribution in [0.1, 0.15) is 31.1 Å². The summed E-state index contributed by atoms with van der Waals surface area (Å²) >= 11 is 3.56. The maximum atomic E-state index is 12.7. The number of halogens is 1. The molecule has 106 valence electrons. The van der Waals surface area contributed by atoms with Crippen LogP contribution in [0.2, 0.25) is 0 Å². The third-order valence-electron chi connectivity index (χ3n) is 3.48. The van der Waals surface area contributed by atoms with Crippen molar-refractivity contribution in [3.8, 4) is 0 Å². The van der Waals surface area contributed by atoms with E-state index in [9.17, 15) is 4.79 Å². The highest BCUT2D eigenvalue weighted by Crippen LogP contribution is 2.32. The summed E-state index contributed by atoms with van der Waals surface area (Å²) in [5.74, 6) is -0.0128. The van der Waals surface area contributed by atoms with Gasteiger partial charge < -0.3 is 0 Å². The SMILES string of the molecule is CC(C)(C)C(Cc1ccccc1Br)C(=O)n1ccnc1. The lowest BCUT2D eigenvalue weighted by atomic mass is 9.76. The molecule has 1 aromatic carbocycles. The van der Waals surface area contributed by atoms with Crippen molar-refractivity contribution in [2.24, 2.45) is 11.3 Å². The van der Waals surface area contributed by atoms with Crippen LogP contribution in [0.4, 0.5) is 0 Å². The Morgan fingerprint density at radius 2 is 2.05 bits per heavy atom. The predicted octanol–water partition coefficient (Wildman–Crippen LogP) is 4.19. The maximum Gasteiger partial charge on any atom is 0.235 e. The lowest BCUT2D eigenvalue weighted by Crippen LogP contribution is -2.33. The van der Waals surface area contributed by atoms with Gasteiger partial charge in [0.05, 0.1) is 0 Å². The van der Waals surface area contributed by atoms with Crippen LogP contribution >= 0.6 is 15.9 Å². The lowest BCUT2D eigenvalue weighted by molar-refractivity contribution is 0.0724. The number of hydrogen-bond acceptors (Lipinski definition) is 2. The highest BCUT2D eigenvalue weighted by Gasteiger charge is 2.32. The van der Waals surface area contributed by atoms with Gasteiger partial charge in [-0.05, 0) is 23.5 Å². The molecule has 0 aliphatic heterocycles. The molecular weight excluding hydrogens is 316 g/mol. The molecule has 0 bridgehead atoms. The molecule has 0 saturated heterocycles. The van der Waals surface area contributed by atoms with Gasteiger partial charge in [-0.1, -0.05) is 54.9 Å². The zero-order chi connectivity index (χ0) is 14.8. The van der Waals surface area contributed by atoms with E-state index in [0.717, 1.165) is 10.0 Å². The number of imidazole rings is 1. The van der Waals surface area contributed by atoms with Gasteiger partial charge in [0, 0.05) is 22.8 Å². The fourth-order valence-electron chi connectivity index (χ4n) is 2.22. The molecule has 2 rings (SSSR count). The lowest BCUT2D eigenvalue weighted by Gasteiger charge is -2.29.